The van der Waals surface area contributed by atoms with E-state index in [0.717, 1.165) is 23.4 Å². The van der Waals surface area contributed by atoms with Gasteiger partial charge in [-0.25, -0.2) is 9.97 Å². The maximum Gasteiger partial charge on any atom is 0.433 e. The molecule has 42 heavy (non-hydrogen) atoms. The molecule has 0 saturated carbocycles. The Morgan fingerprint density at radius 2 is 1.83 bits per heavy atom. The van der Waals surface area contributed by atoms with Crippen molar-refractivity contribution in [1.82, 2.24) is 20.1 Å². The van der Waals surface area contributed by atoms with E-state index in [4.69, 9.17) is 9.26 Å². The van der Waals surface area contributed by atoms with Crippen molar-refractivity contribution in [3.05, 3.63) is 83.5 Å². The highest BCUT2D eigenvalue weighted by Crippen LogP contribution is 2.38. The van der Waals surface area contributed by atoms with Crippen LogP contribution in [-0.2, 0) is 23.0 Å². The molecule has 0 radical (unpaired) electrons. The van der Waals surface area contributed by atoms with Crippen LogP contribution in [-0.4, -0.2) is 44.3 Å². The van der Waals surface area contributed by atoms with E-state index in [1.54, 1.807) is 23.1 Å². The van der Waals surface area contributed by atoms with Gasteiger partial charge in [-0.3, -0.25) is 4.79 Å². The monoisotopic (exact) mass is 581 g/mol. The van der Waals surface area contributed by atoms with Crippen LogP contribution in [0.3, 0.4) is 0 Å². The third-order valence-corrected chi connectivity index (χ3v) is 7.22. The molecule has 0 spiro atoms. The molecule has 0 amide bonds. The first-order chi connectivity index (χ1) is 19.9. The molecule has 4 aromatic rings. The minimum Gasteiger partial charge on any atom is -0.484 e. The lowest BCUT2D eigenvalue weighted by molar-refractivity contribution is -0.141. The largest absolute Gasteiger partial charge is 0.484 e. The number of hydrogen-bond donors (Lipinski definition) is 1. The maximum absolute atomic E-state index is 13.2. The van der Waals surface area contributed by atoms with Gasteiger partial charge in [-0.15, -0.1) is 0 Å². The molecule has 2 aromatic heterocycles. The number of anilines is 1. The van der Waals surface area contributed by atoms with Crippen molar-refractivity contribution >= 4 is 11.9 Å². The van der Waals surface area contributed by atoms with E-state index in [1.165, 1.54) is 5.56 Å². The number of carboxylic acids is 1. The molecule has 1 aliphatic heterocycles. The molecule has 9 nitrogen and oxygen atoms in total. The van der Waals surface area contributed by atoms with Gasteiger partial charge >= 0.3 is 12.1 Å². The number of rotatable bonds is 8. The second kappa shape index (κ2) is 11.4. The third kappa shape index (κ3) is 6.69. The van der Waals surface area contributed by atoms with E-state index in [2.05, 4.69) is 40.9 Å². The summed E-state index contributed by atoms with van der Waals surface area (Å²) in [5.74, 6) is -0.521. The summed E-state index contributed by atoms with van der Waals surface area (Å²) >= 11 is 0. The van der Waals surface area contributed by atoms with Crippen LogP contribution in [0.2, 0.25) is 0 Å². The SMILES string of the molecule is CC(C)(C)c1ccc(-c2noc(COc3cccc([C@@H]4CN(c5nccc(C(F)(F)F)n5)C[C@@H]4CC(=O)O)c3)n2)cc1. The van der Waals surface area contributed by atoms with Crippen LogP contribution in [0.15, 0.2) is 65.3 Å². The minimum absolute atomic E-state index is 0.0178. The van der Waals surface area contributed by atoms with Crippen LogP contribution in [0.25, 0.3) is 11.4 Å². The third-order valence-electron chi connectivity index (χ3n) is 7.22. The Morgan fingerprint density at radius 1 is 1.07 bits per heavy atom. The summed E-state index contributed by atoms with van der Waals surface area (Å²) in [6, 6.07) is 15.9. The summed E-state index contributed by atoms with van der Waals surface area (Å²) in [5, 5.41) is 13.6. The van der Waals surface area contributed by atoms with Crippen molar-refractivity contribution in [2.45, 2.75) is 51.3 Å². The van der Waals surface area contributed by atoms with Crippen LogP contribution < -0.4 is 9.64 Å². The smallest absolute Gasteiger partial charge is 0.433 e. The van der Waals surface area contributed by atoms with Crippen molar-refractivity contribution in [3.63, 3.8) is 0 Å². The van der Waals surface area contributed by atoms with Gasteiger partial charge in [0.05, 0.1) is 6.42 Å². The highest BCUT2D eigenvalue weighted by Gasteiger charge is 2.38. The summed E-state index contributed by atoms with van der Waals surface area (Å²) in [6.45, 7) is 6.89. The Morgan fingerprint density at radius 3 is 2.52 bits per heavy atom. The van der Waals surface area contributed by atoms with Crippen molar-refractivity contribution in [1.29, 1.82) is 0 Å². The van der Waals surface area contributed by atoms with Gasteiger partial charge in [-0.05, 0) is 40.7 Å². The summed E-state index contributed by atoms with van der Waals surface area (Å²) in [6.07, 6.45) is -3.71. The predicted octanol–water partition coefficient (Wildman–Crippen LogP) is 6.12. The second-order valence-corrected chi connectivity index (χ2v) is 11.3. The number of benzene rings is 2. The van der Waals surface area contributed by atoms with E-state index in [-0.39, 0.29) is 55.2 Å². The summed E-state index contributed by atoms with van der Waals surface area (Å²) in [4.78, 5) is 25.3. The minimum atomic E-state index is -4.61. The Labute approximate surface area is 240 Å². The number of ether oxygens (including phenoxy) is 1. The molecule has 1 saturated heterocycles. The van der Waals surface area contributed by atoms with Crippen LogP contribution >= 0.6 is 0 Å². The molecule has 1 N–H and O–H groups in total. The van der Waals surface area contributed by atoms with E-state index >= 15 is 0 Å². The second-order valence-electron chi connectivity index (χ2n) is 11.3. The molecule has 2 atom stereocenters. The van der Waals surface area contributed by atoms with Crippen LogP contribution in [0.1, 0.15) is 55.8 Å². The number of aromatic nitrogens is 4. The lowest BCUT2D eigenvalue weighted by Crippen LogP contribution is -2.24. The molecule has 220 valence electrons. The number of carbonyl (C=O) groups is 1. The average Bonchev–Trinajstić information content (AvgIpc) is 3.59. The molecule has 2 aromatic carbocycles. The van der Waals surface area contributed by atoms with Crippen LogP contribution in [0, 0.1) is 5.92 Å². The summed E-state index contributed by atoms with van der Waals surface area (Å²) < 4.78 is 50.9. The molecule has 0 aliphatic carbocycles. The van der Waals surface area contributed by atoms with Crippen molar-refractivity contribution < 1.29 is 32.3 Å². The zero-order valence-electron chi connectivity index (χ0n) is 23.3. The number of nitrogens with zero attached hydrogens (tertiary/aromatic N) is 5. The predicted molar refractivity (Wildman–Crippen MR) is 147 cm³/mol. The van der Waals surface area contributed by atoms with Gasteiger partial charge in [0.1, 0.15) is 11.4 Å². The molecular formula is C30H30F3N5O4. The maximum atomic E-state index is 13.2. The number of aliphatic carboxylic acids is 1. The van der Waals surface area contributed by atoms with Gasteiger partial charge in [-0.2, -0.15) is 18.2 Å². The van der Waals surface area contributed by atoms with E-state index in [0.29, 0.717) is 11.6 Å². The highest BCUT2D eigenvalue weighted by molar-refractivity contribution is 5.67. The molecule has 1 aliphatic rings. The van der Waals surface area contributed by atoms with Crippen LogP contribution in [0.5, 0.6) is 5.75 Å². The first-order valence-electron chi connectivity index (χ1n) is 13.4. The standard InChI is InChI=1S/C30H30F3N5O4/c1-29(2,3)21-9-7-18(8-10-21)27-36-25(42-37-27)17-41-22-6-4-5-19(13-22)23-16-38(15-20(23)14-26(39)40)28-34-12-11-24(35-28)30(31,32)33/h4-13,20,23H,14-17H2,1-3H3,(H,39,40)/t20-,23-/m0/s1. The quantitative estimate of drug-likeness (QED) is 0.263. The number of carboxylic acid groups (broad SMARTS) is 1. The molecule has 1 fully saturated rings. The Balaban J connectivity index is 1.29. The fraction of sp³-hybridized carbons (Fsp3) is 0.367. The fourth-order valence-corrected chi connectivity index (χ4v) is 5.03. The first kappa shape index (κ1) is 29.0. The highest BCUT2D eigenvalue weighted by atomic mass is 19.4. The Kier molecular flexibility index (Phi) is 7.89. The van der Waals surface area contributed by atoms with E-state index in [1.807, 2.05) is 30.3 Å². The van der Waals surface area contributed by atoms with E-state index < -0.39 is 17.8 Å². The van der Waals surface area contributed by atoms with Gasteiger partial charge in [0.25, 0.3) is 5.89 Å². The Bertz CT molecular complexity index is 1550. The molecule has 0 unspecified atom stereocenters. The van der Waals surface area contributed by atoms with Crippen molar-refractivity contribution in [2.24, 2.45) is 5.92 Å². The Hall–Kier alpha value is -4.48. The zero-order valence-corrected chi connectivity index (χ0v) is 23.3. The number of halogens is 3. The van der Waals surface area contributed by atoms with Gasteiger partial charge in [0.15, 0.2) is 6.61 Å². The van der Waals surface area contributed by atoms with Crippen LogP contribution in [0.4, 0.5) is 19.1 Å². The lowest BCUT2D eigenvalue weighted by Gasteiger charge is -2.18. The van der Waals surface area contributed by atoms with Crippen molar-refractivity contribution in [2.75, 3.05) is 18.0 Å². The molecule has 12 heteroatoms. The zero-order chi connectivity index (χ0) is 30.1. The normalized spacial score (nSPS) is 17.4. The molecule has 3 heterocycles. The van der Waals surface area contributed by atoms with Gasteiger partial charge < -0.3 is 19.3 Å². The summed E-state index contributed by atoms with van der Waals surface area (Å²) in [5.41, 5.74) is 1.78. The number of hydrogen-bond acceptors (Lipinski definition) is 8. The molecule has 5 rings (SSSR count). The fourth-order valence-electron chi connectivity index (χ4n) is 5.03. The lowest BCUT2D eigenvalue weighted by atomic mass is 9.87. The number of alkyl halides is 3. The average molecular weight is 582 g/mol. The van der Waals surface area contributed by atoms with E-state index in [9.17, 15) is 23.1 Å². The topological polar surface area (TPSA) is 114 Å². The van der Waals surface area contributed by atoms with Gasteiger partial charge in [0.2, 0.25) is 11.8 Å². The molecule has 0 bridgehead atoms. The molecular weight excluding hydrogens is 551 g/mol. The van der Waals surface area contributed by atoms with Gasteiger partial charge in [0, 0.05) is 30.8 Å². The summed E-state index contributed by atoms with van der Waals surface area (Å²) in [7, 11) is 0. The van der Waals surface area contributed by atoms with Crippen molar-refractivity contribution in [3.8, 4) is 17.1 Å². The first-order valence-corrected chi connectivity index (χ1v) is 13.4. The van der Waals surface area contributed by atoms with Gasteiger partial charge in [-0.1, -0.05) is 62.3 Å².